The highest BCUT2D eigenvalue weighted by atomic mass is 15.2. The summed E-state index contributed by atoms with van der Waals surface area (Å²) in [6.07, 6.45) is 8.78. The molecule has 0 aromatic carbocycles. The van der Waals surface area contributed by atoms with Crippen LogP contribution >= 0.6 is 0 Å². The number of aromatic nitrogens is 2. The molecule has 106 valence electrons. The standard InChI is InChI=1S/C15H26N4/c1-3-7-16-10-14-11-17-12-15(18-14)19-8-4-5-13(2)6-9-19/h11-13,16H,3-10H2,1-2H3. The van der Waals surface area contributed by atoms with Gasteiger partial charge in [0, 0.05) is 25.8 Å². The van der Waals surface area contributed by atoms with Gasteiger partial charge in [-0.15, -0.1) is 0 Å². The van der Waals surface area contributed by atoms with E-state index in [1.807, 2.05) is 12.4 Å². The third-order valence-corrected chi connectivity index (χ3v) is 3.75. The molecular weight excluding hydrogens is 236 g/mol. The first-order valence-corrected chi connectivity index (χ1v) is 7.56. The van der Waals surface area contributed by atoms with Gasteiger partial charge in [0.05, 0.1) is 11.9 Å². The first kappa shape index (κ1) is 14.3. The molecule has 1 atom stereocenters. The Hall–Kier alpha value is -1.16. The SMILES string of the molecule is CCCNCc1cncc(N2CCCC(C)CC2)n1. The molecule has 1 fully saturated rings. The number of nitrogens with zero attached hydrogens (tertiary/aromatic N) is 3. The lowest BCUT2D eigenvalue weighted by Crippen LogP contribution is -2.26. The molecule has 19 heavy (non-hydrogen) atoms. The topological polar surface area (TPSA) is 41.1 Å². The van der Waals surface area contributed by atoms with Crippen molar-refractivity contribution in [3.8, 4) is 0 Å². The fourth-order valence-electron chi connectivity index (χ4n) is 2.52. The molecular formula is C15H26N4. The minimum atomic E-state index is 0.818. The molecule has 1 unspecified atom stereocenters. The monoisotopic (exact) mass is 262 g/mol. The number of hydrogen-bond donors (Lipinski definition) is 1. The van der Waals surface area contributed by atoms with Crippen LogP contribution in [0.3, 0.4) is 0 Å². The quantitative estimate of drug-likeness (QED) is 0.828. The second kappa shape index (κ2) is 7.43. The molecule has 1 aromatic rings. The maximum atomic E-state index is 4.74. The Morgan fingerprint density at radius 2 is 2.21 bits per heavy atom. The van der Waals surface area contributed by atoms with E-state index in [2.05, 4.69) is 29.0 Å². The molecule has 1 aromatic heterocycles. The lowest BCUT2D eigenvalue weighted by atomic mass is 10.0. The van der Waals surface area contributed by atoms with E-state index in [1.54, 1.807) is 0 Å². The Morgan fingerprint density at radius 1 is 1.32 bits per heavy atom. The van der Waals surface area contributed by atoms with Gasteiger partial charge >= 0.3 is 0 Å². The van der Waals surface area contributed by atoms with Crippen LogP contribution in [0, 0.1) is 5.92 Å². The highest BCUT2D eigenvalue weighted by Gasteiger charge is 2.15. The van der Waals surface area contributed by atoms with Crippen LogP contribution in [0.5, 0.6) is 0 Å². The van der Waals surface area contributed by atoms with Crippen LogP contribution in [-0.4, -0.2) is 29.6 Å². The summed E-state index contributed by atoms with van der Waals surface area (Å²) in [7, 11) is 0. The van der Waals surface area contributed by atoms with Gasteiger partial charge in [-0.25, -0.2) is 4.98 Å². The molecule has 1 saturated heterocycles. The van der Waals surface area contributed by atoms with Crippen molar-refractivity contribution in [3.05, 3.63) is 18.1 Å². The summed E-state index contributed by atoms with van der Waals surface area (Å²) in [5, 5.41) is 3.38. The zero-order chi connectivity index (χ0) is 13.5. The lowest BCUT2D eigenvalue weighted by Gasteiger charge is -2.21. The van der Waals surface area contributed by atoms with Gasteiger partial charge in [0.15, 0.2) is 0 Å². The molecule has 0 aliphatic carbocycles. The van der Waals surface area contributed by atoms with Gasteiger partial charge in [0.1, 0.15) is 5.82 Å². The molecule has 0 spiro atoms. The van der Waals surface area contributed by atoms with Crippen LogP contribution in [0.25, 0.3) is 0 Å². The molecule has 1 aliphatic rings. The van der Waals surface area contributed by atoms with E-state index in [1.165, 1.54) is 19.3 Å². The van der Waals surface area contributed by atoms with Crippen molar-refractivity contribution >= 4 is 5.82 Å². The summed E-state index contributed by atoms with van der Waals surface area (Å²) < 4.78 is 0. The van der Waals surface area contributed by atoms with Crippen LogP contribution in [-0.2, 0) is 6.54 Å². The Bertz CT molecular complexity index is 380. The number of hydrogen-bond acceptors (Lipinski definition) is 4. The largest absolute Gasteiger partial charge is 0.355 e. The van der Waals surface area contributed by atoms with Crippen LogP contribution in [0.1, 0.15) is 45.2 Å². The van der Waals surface area contributed by atoms with Gasteiger partial charge in [0.25, 0.3) is 0 Å². The highest BCUT2D eigenvalue weighted by Crippen LogP contribution is 2.20. The van der Waals surface area contributed by atoms with Crippen LogP contribution in [0.2, 0.25) is 0 Å². The van der Waals surface area contributed by atoms with Crippen LogP contribution in [0.15, 0.2) is 12.4 Å². The van der Waals surface area contributed by atoms with Gasteiger partial charge < -0.3 is 10.2 Å². The average molecular weight is 262 g/mol. The minimum Gasteiger partial charge on any atom is -0.355 e. The maximum Gasteiger partial charge on any atom is 0.147 e. The van der Waals surface area contributed by atoms with E-state index in [-0.39, 0.29) is 0 Å². The Balaban J connectivity index is 1.97. The van der Waals surface area contributed by atoms with E-state index >= 15 is 0 Å². The van der Waals surface area contributed by atoms with E-state index in [0.29, 0.717) is 0 Å². The van der Waals surface area contributed by atoms with Crippen molar-refractivity contribution in [2.75, 3.05) is 24.5 Å². The van der Waals surface area contributed by atoms with Crippen molar-refractivity contribution in [2.45, 2.75) is 46.1 Å². The van der Waals surface area contributed by atoms with Gasteiger partial charge in [-0.05, 0) is 38.1 Å². The zero-order valence-electron chi connectivity index (χ0n) is 12.2. The Labute approximate surface area is 116 Å². The molecule has 2 heterocycles. The predicted octanol–water partition coefficient (Wildman–Crippen LogP) is 2.60. The van der Waals surface area contributed by atoms with E-state index in [0.717, 1.165) is 50.0 Å². The minimum absolute atomic E-state index is 0.818. The molecule has 0 amide bonds. The van der Waals surface area contributed by atoms with E-state index in [4.69, 9.17) is 4.98 Å². The fraction of sp³-hybridized carbons (Fsp3) is 0.733. The van der Waals surface area contributed by atoms with Crippen molar-refractivity contribution < 1.29 is 0 Å². The van der Waals surface area contributed by atoms with E-state index < -0.39 is 0 Å². The third-order valence-electron chi connectivity index (χ3n) is 3.75. The smallest absolute Gasteiger partial charge is 0.147 e. The summed E-state index contributed by atoms with van der Waals surface area (Å²) >= 11 is 0. The molecule has 0 bridgehead atoms. The summed E-state index contributed by atoms with van der Waals surface area (Å²) in [5.41, 5.74) is 1.04. The molecule has 2 rings (SSSR count). The zero-order valence-corrected chi connectivity index (χ0v) is 12.2. The third kappa shape index (κ3) is 4.46. The predicted molar refractivity (Wildman–Crippen MR) is 79.3 cm³/mol. The summed E-state index contributed by atoms with van der Waals surface area (Å²) in [4.78, 5) is 11.5. The van der Waals surface area contributed by atoms with Crippen LogP contribution in [0.4, 0.5) is 5.82 Å². The number of anilines is 1. The summed E-state index contributed by atoms with van der Waals surface area (Å²) in [6, 6.07) is 0. The Kier molecular flexibility index (Phi) is 5.58. The Morgan fingerprint density at radius 3 is 3.05 bits per heavy atom. The molecule has 0 radical (unpaired) electrons. The van der Waals surface area contributed by atoms with Crippen molar-refractivity contribution in [3.63, 3.8) is 0 Å². The van der Waals surface area contributed by atoms with Crippen LogP contribution < -0.4 is 10.2 Å². The summed E-state index contributed by atoms with van der Waals surface area (Å²) in [6.45, 7) is 8.60. The maximum absolute atomic E-state index is 4.74. The van der Waals surface area contributed by atoms with Crippen molar-refractivity contribution in [1.82, 2.24) is 15.3 Å². The van der Waals surface area contributed by atoms with Gasteiger partial charge in [-0.1, -0.05) is 13.8 Å². The molecule has 4 heteroatoms. The van der Waals surface area contributed by atoms with Gasteiger partial charge in [-0.2, -0.15) is 0 Å². The molecule has 0 saturated carbocycles. The average Bonchev–Trinajstić information content (AvgIpc) is 2.64. The lowest BCUT2D eigenvalue weighted by molar-refractivity contribution is 0.521. The number of nitrogens with one attached hydrogen (secondary N) is 1. The highest BCUT2D eigenvalue weighted by molar-refractivity contribution is 5.36. The van der Waals surface area contributed by atoms with E-state index in [9.17, 15) is 0 Å². The molecule has 4 nitrogen and oxygen atoms in total. The first-order valence-electron chi connectivity index (χ1n) is 7.56. The molecule has 1 aliphatic heterocycles. The van der Waals surface area contributed by atoms with Gasteiger partial charge in [0.2, 0.25) is 0 Å². The normalized spacial score (nSPS) is 20.3. The second-order valence-corrected chi connectivity index (χ2v) is 5.57. The van der Waals surface area contributed by atoms with Gasteiger partial charge in [-0.3, -0.25) is 4.98 Å². The van der Waals surface area contributed by atoms with Crippen molar-refractivity contribution in [1.29, 1.82) is 0 Å². The summed E-state index contributed by atoms with van der Waals surface area (Å²) in [5.74, 6) is 1.89. The van der Waals surface area contributed by atoms with Crippen molar-refractivity contribution in [2.24, 2.45) is 5.92 Å². The molecule has 1 N–H and O–H groups in total. The number of rotatable bonds is 5. The second-order valence-electron chi connectivity index (χ2n) is 5.57. The fourth-order valence-corrected chi connectivity index (χ4v) is 2.52. The first-order chi connectivity index (χ1) is 9.29.